The average Bonchev–Trinajstić information content (AvgIpc) is 2.35. The van der Waals surface area contributed by atoms with Crippen molar-refractivity contribution in [3.05, 3.63) is 24.3 Å². The number of ether oxygens (including phenoxy) is 1. The zero-order valence-corrected chi connectivity index (χ0v) is 12.2. The Balaban J connectivity index is 2.80. The Morgan fingerprint density at radius 3 is 2.74 bits per heavy atom. The van der Waals surface area contributed by atoms with E-state index in [1.165, 1.54) is 0 Å². The van der Waals surface area contributed by atoms with Crippen LogP contribution >= 0.6 is 12.2 Å². The summed E-state index contributed by atoms with van der Waals surface area (Å²) in [4.78, 5) is 0.196. The van der Waals surface area contributed by atoms with Crippen molar-refractivity contribution in [3.63, 3.8) is 0 Å². The van der Waals surface area contributed by atoms with Gasteiger partial charge in [-0.1, -0.05) is 31.3 Å². The Morgan fingerprint density at radius 2 is 2.11 bits per heavy atom. The van der Waals surface area contributed by atoms with E-state index in [0.717, 1.165) is 0 Å². The second-order valence-corrected chi connectivity index (χ2v) is 5.78. The first-order valence-corrected chi connectivity index (χ1v) is 7.61. The summed E-state index contributed by atoms with van der Waals surface area (Å²) >= 11 is 4.71. The van der Waals surface area contributed by atoms with Gasteiger partial charge in [-0.05, 0) is 18.6 Å². The maximum absolute atomic E-state index is 11.7. The van der Waals surface area contributed by atoms with Gasteiger partial charge in [0.25, 0.3) is 10.2 Å². The molecule has 0 saturated carbocycles. The topological polar surface area (TPSA) is 93.5 Å². The molecule has 1 aromatic carbocycles. The van der Waals surface area contributed by atoms with Crippen LogP contribution in [0.15, 0.2) is 24.3 Å². The molecule has 1 aromatic rings. The molecule has 0 amide bonds. The minimum absolute atomic E-state index is 0.0520. The molecule has 6 nitrogen and oxygen atoms in total. The molecule has 0 aliphatic heterocycles. The Bertz CT molecular complexity index is 532. The lowest BCUT2D eigenvalue weighted by molar-refractivity contribution is 0.379. The second-order valence-electron chi connectivity index (χ2n) is 3.75. The molecule has 19 heavy (non-hydrogen) atoms. The summed E-state index contributed by atoms with van der Waals surface area (Å²) in [5.41, 5.74) is 5.67. The van der Waals surface area contributed by atoms with Gasteiger partial charge in [0, 0.05) is 6.54 Å². The monoisotopic (exact) mass is 303 g/mol. The summed E-state index contributed by atoms with van der Waals surface area (Å²) < 4.78 is 33.6. The highest BCUT2D eigenvalue weighted by Gasteiger charge is 2.12. The molecule has 0 bridgehead atoms. The minimum Gasteiger partial charge on any atom is -0.484 e. The number of benzene rings is 1. The molecule has 0 aliphatic rings. The van der Waals surface area contributed by atoms with E-state index < -0.39 is 10.2 Å². The molecule has 0 heterocycles. The Morgan fingerprint density at radius 1 is 1.42 bits per heavy atom. The summed E-state index contributed by atoms with van der Waals surface area (Å²) in [5.74, 6) is 0.372. The van der Waals surface area contributed by atoms with Crippen molar-refractivity contribution in [2.24, 2.45) is 5.73 Å². The lowest BCUT2D eigenvalue weighted by atomic mass is 10.3. The molecule has 106 valence electrons. The SMILES string of the molecule is CCCNS(=O)(=O)Nc1ccccc1OCC(N)=S. The number of para-hydroxylation sites is 2. The Labute approximate surface area is 118 Å². The maximum Gasteiger partial charge on any atom is 0.299 e. The van der Waals surface area contributed by atoms with Crippen molar-refractivity contribution in [2.75, 3.05) is 17.9 Å². The summed E-state index contributed by atoms with van der Waals surface area (Å²) in [6.45, 7) is 2.30. The van der Waals surface area contributed by atoms with Crippen LogP contribution in [-0.2, 0) is 10.2 Å². The zero-order chi connectivity index (χ0) is 14.3. The van der Waals surface area contributed by atoms with Crippen molar-refractivity contribution in [1.29, 1.82) is 0 Å². The molecular formula is C11H17N3O3S2. The number of nitrogens with two attached hydrogens (primary N) is 1. The molecule has 0 unspecified atom stereocenters. The van der Waals surface area contributed by atoms with Gasteiger partial charge in [-0.2, -0.15) is 13.1 Å². The molecule has 0 aromatic heterocycles. The van der Waals surface area contributed by atoms with E-state index in [1.54, 1.807) is 24.3 Å². The first kappa shape index (κ1) is 15.7. The smallest absolute Gasteiger partial charge is 0.299 e. The van der Waals surface area contributed by atoms with Crippen LogP contribution in [0.3, 0.4) is 0 Å². The molecule has 0 saturated heterocycles. The standard InChI is InChI=1S/C11H17N3O3S2/c1-2-7-13-19(15,16)14-9-5-3-4-6-10(9)17-8-11(12)18/h3-6,13-14H,2,7-8H2,1H3,(H2,12,18). The first-order chi connectivity index (χ1) is 8.94. The lowest BCUT2D eigenvalue weighted by Gasteiger charge is -2.13. The van der Waals surface area contributed by atoms with E-state index in [4.69, 9.17) is 22.7 Å². The summed E-state index contributed by atoms with van der Waals surface area (Å²) in [6, 6.07) is 6.66. The molecular weight excluding hydrogens is 286 g/mol. The van der Waals surface area contributed by atoms with Crippen molar-refractivity contribution in [1.82, 2.24) is 4.72 Å². The van der Waals surface area contributed by atoms with E-state index in [2.05, 4.69) is 9.44 Å². The molecule has 0 radical (unpaired) electrons. The normalized spacial score (nSPS) is 11.0. The predicted octanol–water partition coefficient (Wildman–Crippen LogP) is 1.01. The van der Waals surface area contributed by atoms with Gasteiger partial charge in [-0.15, -0.1) is 0 Å². The number of hydrogen-bond donors (Lipinski definition) is 3. The van der Waals surface area contributed by atoms with Crippen LogP contribution in [0.5, 0.6) is 5.75 Å². The zero-order valence-electron chi connectivity index (χ0n) is 10.5. The fraction of sp³-hybridized carbons (Fsp3) is 0.364. The molecule has 0 atom stereocenters. The second kappa shape index (κ2) is 7.27. The molecule has 0 aliphatic carbocycles. The van der Waals surface area contributed by atoms with E-state index in [-0.39, 0.29) is 11.6 Å². The van der Waals surface area contributed by atoms with E-state index >= 15 is 0 Å². The van der Waals surface area contributed by atoms with Gasteiger partial charge in [0.2, 0.25) is 0 Å². The van der Waals surface area contributed by atoms with Gasteiger partial charge in [0.15, 0.2) is 0 Å². The van der Waals surface area contributed by atoms with E-state index in [9.17, 15) is 8.42 Å². The van der Waals surface area contributed by atoms with Crippen LogP contribution in [0.2, 0.25) is 0 Å². The van der Waals surface area contributed by atoms with Crippen molar-refractivity contribution in [3.8, 4) is 5.75 Å². The lowest BCUT2D eigenvalue weighted by Crippen LogP contribution is -2.31. The van der Waals surface area contributed by atoms with Gasteiger partial charge in [0.1, 0.15) is 17.3 Å². The highest BCUT2D eigenvalue weighted by Crippen LogP contribution is 2.24. The Kier molecular flexibility index (Phi) is 6.00. The van der Waals surface area contributed by atoms with Crippen LogP contribution in [-0.4, -0.2) is 26.6 Å². The number of hydrogen-bond acceptors (Lipinski definition) is 4. The maximum atomic E-state index is 11.7. The number of nitrogens with one attached hydrogen (secondary N) is 2. The number of thiocarbonyl (C=S) groups is 1. The van der Waals surface area contributed by atoms with Gasteiger partial charge < -0.3 is 10.5 Å². The van der Waals surface area contributed by atoms with Gasteiger partial charge in [0.05, 0.1) is 5.69 Å². The molecule has 0 spiro atoms. The van der Waals surface area contributed by atoms with Crippen LogP contribution < -0.4 is 19.9 Å². The average molecular weight is 303 g/mol. The van der Waals surface area contributed by atoms with E-state index in [1.807, 2.05) is 6.92 Å². The molecule has 4 N–H and O–H groups in total. The van der Waals surface area contributed by atoms with Gasteiger partial charge in [-0.25, -0.2) is 0 Å². The quantitative estimate of drug-likeness (QED) is 0.623. The third kappa shape index (κ3) is 5.86. The third-order valence-corrected chi connectivity index (χ3v) is 3.23. The Hall–Kier alpha value is -1.38. The molecule has 1 rings (SSSR count). The first-order valence-electron chi connectivity index (χ1n) is 5.72. The van der Waals surface area contributed by atoms with Gasteiger partial charge in [-0.3, -0.25) is 4.72 Å². The van der Waals surface area contributed by atoms with Crippen LogP contribution in [0.25, 0.3) is 0 Å². The van der Waals surface area contributed by atoms with Crippen molar-refractivity contribution >= 4 is 33.1 Å². The van der Waals surface area contributed by atoms with Crippen LogP contribution in [0, 0.1) is 0 Å². The largest absolute Gasteiger partial charge is 0.484 e. The molecule has 0 fully saturated rings. The van der Waals surface area contributed by atoms with Crippen LogP contribution in [0.1, 0.15) is 13.3 Å². The third-order valence-electron chi connectivity index (χ3n) is 2.04. The predicted molar refractivity (Wildman–Crippen MR) is 79.6 cm³/mol. The highest BCUT2D eigenvalue weighted by molar-refractivity contribution is 7.90. The van der Waals surface area contributed by atoms with E-state index in [0.29, 0.717) is 24.4 Å². The fourth-order valence-electron chi connectivity index (χ4n) is 1.24. The molecule has 8 heteroatoms. The summed E-state index contributed by atoms with van der Waals surface area (Å²) in [7, 11) is -3.60. The van der Waals surface area contributed by atoms with Crippen LogP contribution in [0.4, 0.5) is 5.69 Å². The number of anilines is 1. The minimum atomic E-state index is -3.60. The number of rotatable bonds is 8. The summed E-state index contributed by atoms with van der Waals surface area (Å²) in [5, 5.41) is 0. The van der Waals surface area contributed by atoms with Crippen molar-refractivity contribution < 1.29 is 13.2 Å². The van der Waals surface area contributed by atoms with Crippen molar-refractivity contribution in [2.45, 2.75) is 13.3 Å². The fourth-order valence-corrected chi connectivity index (χ4v) is 2.31. The summed E-state index contributed by atoms with van der Waals surface area (Å²) in [6.07, 6.45) is 0.709. The highest BCUT2D eigenvalue weighted by atomic mass is 32.2. The van der Waals surface area contributed by atoms with Gasteiger partial charge >= 0.3 is 0 Å².